The third-order valence-electron chi connectivity index (χ3n) is 5.19. The molecule has 1 amide bonds. The summed E-state index contributed by atoms with van der Waals surface area (Å²) >= 11 is 6.16. The zero-order valence-corrected chi connectivity index (χ0v) is 17.9. The molecule has 2 aromatic rings. The maximum atomic E-state index is 12.6. The Kier molecular flexibility index (Phi) is 7.69. The number of piperazine rings is 1. The minimum Gasteiger partial charge on any atom is -0.437 e. The quantitative estimate of drug-likeness (QED) is 0.571. The summed E-state index contributed by atoms with van der Waals surface area (Å²) in [5.41, 5.74) is 0. The van der Waals surface area contributed by atoms with Crippen molar-refractivity contribution in [2.24, 2.45) is 0 Å². The molecule has 2 heterocycles. The third kappa shape index (κ3) is 5.82. The van der Waals surface area contributed by atoms with Crippen molar-refractivity contribution >= 4 is 23.3 Å². The van der Waals surface area contributed by atoms with Gasteiger partial charge in [0.05, 0.1) is 5.02 Å². The van der Waals surface area contributed by atoms with Crippen LogP contribution in [0.15, 0.2) is 36.7 Å². The minimum atomic E-state index is 0.144. The van der Waals surface area contributed by atoms with Crippen molar-refractivity contribution in [2.45, 2.75) is 52.0 Å². The van der Waals surface area contributed by atoms with Crippen molar-refractivity contribution in [1.29, 1.82) is 0 Å². The smallest absolute Gasteiger partial charge is 0.224 e. The lowest BCUT2D eigenvalue weighted by atomic mass is 10.1. The Bertz CT molecular complexity index is 817. The molecular formula is C22H29ClN4O2. The Hall–Kier alpha value is -2.34. The first-order chi connectivity index (χ1) is 14.1. The van der Waals surface area contributed by atoms with Crippen molar-refractivity contribution in [3.05, 3.63) is 41.7 Å². The third-order valence-corrected chi connectivity index (χ3v) is 5.51. The van der Waals surface area contributed by atoms with Gasteiger partial charge in [0.15, 0.2) is 0 Å². The molecule has 1 unspecified atom stereocenters. The number of nitrogens with zero attached hydrogens (tertiary/aromatic N) is 4. The van der Waals surface area contributed by atoms with Gasteiger partial charge < -0.3 is 14.5 Å². The number of halogens is 1. The van der Waals surface area contributed by atoms with E-state index in [2.05, 4.69) is 28.7 Å². The number of ether oxygens (including phenoxy) is 1. The van der Waals surface area contributed by atoms with Gasteiger partial charge in [-0.2, -0.15) is 0 Å². The highest BCUT2D eigenvalue weighted by atomic mass is 35.5. The van der Waals surface area contributed by atoms with Crippen LogP contribution in [0.3, 0.4) is 0 Å². The number of hydrogen-bond donors (Lipinski definition) is 0. The van der Waals surface area contributed by atoms with E-state index in [4.69, 9.17) is 16.3 Å². The summed E-state index contributed by atoms with van der Waals surface area (Å²) in [6.45, 7) is 6.47. The van der Waals surface area contributed by atoms with Gasteiger partial charge in [-0.25, -0.2) is 9.97 Å². The van der Waals surface area contributed by atoms with E-state index in [1.54, 1.807) is 12.1 Å². The molecule has 1 fully saturated rings. The van der Waals surface area contributed by atoms with Crippen LogP contribution in [0.25, 0.3) is 0 Å². The maximum absolute atomic E-state index is 12.6. The van der Waals surface area contributed by atoms with Gasteiger partial charge in [0.1, 0.15) is 17.9 Å². The van der Waals surface area contributed by atoms with Gasteiger partial charge in [0.2, 0.25) is 11.8 Å². The van der Waals surface area contributed by atoms with Crippen LogP contribution in [0.5, 0.6) is 11.6 Å². The monoisotopic (exact) mass is 416 g/mol. The number of unbranched alkanes of at least 4 members (excludes halogenated alkanes) is 3. The second-order valence-electron chi connectivity index (χ2n) is 7.44. The molecule has 29 heavy (non-hydrogen) atoms. The molecule has 1 aromatic carbocycles. The molecular weight excluding hydrogens is 388 g/mol. The molecule has 0 N–H and O–H groups in total. The van der Waals surface area contributed by atoms with Crippen molar-refractivity contribution in [3.63, 3.8) is 0 Å². The van der Waals surface area contributed by atoms with Crippen LogP contribution in [0, 0.1) is 0 Å². The van der Waals surface area contributed by atoms with E-state index in [0.717, 1.165) is 31.7 Å². The molecule has 0 saturated carbocycles. The standard InChI is InChI=1S/C22H29ClN4O2/c1-3-4-5-6-11-22(28)27-13-12-26(15-17(27)2)20-14-21(25-16-24-20)29-19-10-8-7-9-18(19)23/h7-10,14,16-17H,3-6,11-13,15H2,1-2H3. The number of para-hydroxylation sites is 1. The van der Waals surface area contributed by atoms with E-state index >= 15 is 0 Å². The molecule has 1 atom stereocenters. The summed E-state index contributed by atoms with van der Waals surface area (Å²) in [6.07, 6.45) is 6.64. The number of aromatic nitrogens is 2. The molecule has 156 valence electrons. The summed E-state index contributed by atoms with van der Waals surface area (Å²) < 4.78 is 5.82. The molecule has 6 nitrogen and oxygen atoms in total. The van der Waals surface area contributed by atoms with Crippen LogP contribution >= 0.6 is 11.6 Å². The highest BCUT2D eigenvalue weighted by Gasteiger charge is 2.27. The van der Waals surface area contributed by atoms with E-state index in [1.165, 1.54) is 19.2 Å². The molecule has 0 bridgehead atoms. The van der Waals surface area contributed by atoms with Crippen LogP contribution < -0.4 is 9.64 Å². The van der Waals surface area contributed by atoms with Gasteiger partial charge in [-0.05, 0) is 25.5 Å². The first-order valence-corrected chi connectivity index (χ1v) is 10.7. The van der Waals surface area contributed by atoms with Gasteiger partial charge >= 0.3 is 0 Å². The Morgan fingerprint density at radius 3 is 2.79 bits per heavy atom. The van der Waals surface area contributed by atoms with Crippen molar-refractivity contribution < 1.29 is 9.53 Å². The Morgan fingerprint density at radius 1 is 1.21 bits per heavy atom. The van der Waals surface area contributed by atoms with E-state index < -0.39 is 0 Å². The average molecular weight is 417 g/mol. The lowest BCUT2D eigenvalue weighted by Gasteiger charge is -2.40. The second-order valence-corrected chi connectivity index (χ2v) is 7.85. The van der Waals surface area contributed by atoms with Crippen molar-refractivity contribution in [1.82, 2.24) is 14.9 Å². The predicted molar refractivity (Wildman–Crippen MR) is 116 cm³/mol. The van der Waals surface area contributed by atoms with Gasteiger partial charge in [-0.1, -0.05) is 49.9 Å². The average Bonchev–Trinajstić information content (AvgIpc) is 2.73. The van der Waals surface area contributed by atoms with Crippen LogP contribution in [0.2, 0.25) is 5.02 Å². The minimum absolute atomic E-state index is 0.144. The van der Waals surface area contributed by atoms with E-state index in [-0.39, 0.29) is 11.9 Å². The van der Waals surface area contributed by atoms with E-state index in [1.807, 2.05) is 23.1 Å². The fourth-order valence-electron chi connectivity index (χ4n) is 3.58. The summed E-state index contributed by atoms with van der Waals surface area (Å²) in [5.74, 6) is 2.07. The molecule has 1 aliphatic rings. The van der Waals surface area contributed by atoms with Crippen molar-refractivity contribution in [2.75, 3.05) is 24.5 Å². The van der Waals surface area contributed by atoms with Crippen LogP contribution in [-0.4, -0.2) is 46.5 Å². The summed E-state index contributed by atoms with van der Waals surface area (Å²) in [4.78, 5) is 25.3. The van der Waals surface area contributed by atoms with E-state index in [0.29, 0.717) is 29.6 Å². The number of amides is 1. The summed E-state index contributed by atoms with van der Waals surface area (Å²) in [5, 5.41) is 0.535. The van der Waals surface area contributed by atoms with Crippen molar-refractivity contribution in [3.8, 4) is 11.6 Å². The zero-order valence-electron chi connectivity index (χ0n) is 17.2. The zero-order chi connectivity index (χ0) is 20.6. The molecule has 3 rings (SSSR count). The Morgan fingerprint density at radius 2 is 2.03 bits per heavy atom. The topological polar surface area (TPSA) is 58.6 Å². The van der Waals surface area contributed by atoms with Gasteiger partial charge in [-0.3, -0.25) is 4.79 Å². The van der Waals surface area contributed by atoms with E-state index in [9.17, 15) is 4.79 Å². The molecule has 0 spiro atoms. The number of rotatable bonds is 8. The molecule has 0 radical (unpaired) electrons. The molecule has 1 aromatic heterocycles. The van der Waals surface area contributed by atoms with Gasteiger partial charge in [0, 0.05) is 38.2 Å². The molecule has 1 saturated heterocycles. The number of anilines is 1. The highest BCUT2D eigenvalue weighted by Crippen LogP contribution is 2.29. The Balaban J connectivity index is 1.58. The lowest BCUT2D eigenvalue weighted by molar-refractivity contribution is -0.133. The van der Waals surface area contributed by atoms with Crippen LogP contribution in [0.1, 0.15) is 46.0 Å². The summed E-state index contributed by atoms with van der Waals surface area (Å²) in [6, 6.07) is 9.26. The summed E-state index contributed by atoms with van der Waals surface area (Å²) in [7, 11) is 0. The van der Waals surface area contributed by atoms with Crippen LogP contribution in [0.4, 0.5) is 5.82 Å². The number of benzene rings is 1. The molecule has 1 aliphatic heterocycles. The lowest BCUT2D eigenvalue weighted by Crippen LogP contribution is -2.54. The SMILES string of the molecule is CCCCCCC(=O)N1CCN(c2cc(Oc3ccccc3Cl)ncn2)CC1C. The van der Waals surface area contributed by atoms with Gasteiger partial charge in [0.25, 0.3) is 0 Å². The number of carbonyl (C=O) groups excluding carboxylic acids is 1. The predicted octanol–water partition coefficient (Wildman–Crippen LogP) is 4.93. The first kappa shape index (κ1) is 21.4. The number of hydrogen-bond acceptors (Lipinski definition) is 5. The normalized spacial score (nSPS) is 16.7. The first-order valence-electron chi connectivity index (χ1n) is 10.4. The Labute approximate surface area is 177 Å². The molecule has 0 aliphatic carbocycles. The largest absolute Gasteiger partial charge is 0.437 e. The van der Waals surface area contributed by atoms with Crippen LogP contribution in [-0.2, 0) is 4.79 Å². The highest BCUT2D eigenvalue weighted by molar-refractivity contribution is 6.32. The maximum Gasteiger partial charge on any atom is 0.224 e. The van der Waals surface area contributed by atoms with Gasteiger partial charge in [-0.15, -0.1) is 0 Å². The fourth-order valence-corrected chi connectivity index (χ4v) is 3.76. The fraction of sp³-hybridized carbons (Fsp3) is 0.500. The number of carbonyl (C=O) groups is 1. The molecule has 7 heteroatoms. The second kappa shape index (κ2) is 10.4.